The van der Waals surface area contributed by atoms with Crippen molar-refractivity contribution >= 4 is 0 Å². The van der Waals surface area contributed by atoms with Crippen molar-refractivity contribution in [3.63, 3.8) is 0 Å². The number of hydrogen-bond donors (Lipinski definition) is 3. The van der Waals surface area contributed by atoms with Crippen molar-refractivity contribution in [2.45, 2.75) is 26.0 Å². The molecule has 3 N–H and O–H groups in total. The maximum Gasteiger partial charge on any atom is 0.120 e. The maximum absolute atomic E-state index is 9.80. The molecule has 1 aromatic carbocycles. The number of phenolic OH excluding ortho intramolecular Hbond substituents is 1. The van der Waals surface area contributed by atoms with Crippen LogP contribution in [0.15, 0.2) is 18.2 Å². The lowest BCUT2D eigenvalue weighted by atomic mass is 10.0. The molecule has 0 aromatic heterocycles. The molecule has 1 rings (SSSR count). The lowest BCUT2D eigenvalue weighted by molar-refractivity contribution is 0.0630. The van der Waals surface area contributed by atoms with E-state index in [0.717, 1.165) is 11.1 Å². The fraction of sp³-hybridized carbons (Fsp3) is 0.538. The Balaban J connectivity index is 2.54. The Hall–Kier alpha value is -1.10. The van der Waals surface area contributed by atoms with Crippen molar-refractivity contribution in [2.75, 3.05) is 20.3 Å². The summed E-state index contributed by atoms with van der Waals surface area (Å²) in [7, 11) is 1.55. The third kappa shape index (κ3) is 4.34. The molecule has 2 unspecified atom stereocenters. The number of rotatable bonds is 6. The lowest BCUT2D eigenvalue weighted by Crippen LogP contribution is -2.31. The van der Waals surface area contributed by atoms with Crippen molar-refractivity contribution in [1.82, 2.24) is 5.32 Å². The molecule has 96 valence electrons. The van der Waals surface area contributed by atoms with Gasteiger partial charge in [0.25, 0.3) is 0 Å². The zero-order valence-electron chi connectivity index (χ0n) is 10.6. The van der Waals surface area contributed by atoms with Crippen LogP contribution in [0.25, 0.3) is 0 Å². The fourth-order valence-corrected chi connectivity index (χ4v) is 1.69. The molecule has 0 aliphatic carbocycles. The highest BCUT2D eigenvalue weighted by molar-refractivity contribution is 5.37. The smallest absolute Gasteiger partial charge is 0.120 e. The summed E-state index contributed by atoms with van der Waals surface area (Å²) < 4.78 is 4.84. The van der Waals surface area contributed by atoms with Crippen LogP contribution in [-0.2, 0) is 4.74 Å². The molecule has 17 heavy (non-hydrogen) atoms. The van der Waals surface area contributed by atoms with Gasteiger partial charge >= 0.3 is 0 Å². The van der Waals surface area contributed by atoms with Crippen LogP contribution in [0.4, 0.5) is 0 Å². The number of aryl methyl sites for hydroxylation is 1. The number of aliphatic hydroxyl groups is 1. The third-order valence-corrected chi connectivity index (χ3v) is 2.67. The average molecular weight is 239 g/mol. The monoisotopic (exact) mass is 239 g/mol. The van der Waals surface area contributed by atoms with Crippen LogP contribution >= 0.6 is 0 Å². The highest BCUT2D eigenvalue weighted by Crippen LogP contribution is 2.24. The number of nitrogens with one attached hydrogen (secondary N) is 1. The second-order valence-corrected chi connectivity index (χ2v) is 4.30. The van der Waals surface area contributed by atoms with E-state index in [1.54, 1.807) is 13.2 Å². The molecule has 1 aromatic rings. The van der Waals surface area contributed by atoms with E-state index in [-0.39, 0.29) is 11.8 Å². The van der Waals surface area contributed by atoms with Gasteiger partial charge in [0, 0.05) is 25.3 Å². The van der Waals surface area contributed by atoms with Crippen LogP contribution in [0, 0.1) is 6.92 Å². The molecule has 0 fully saturated rings. The number of phenols is 1. The van der Waals surface area contributed by atoms with Gasteiger partial charge in [-0.05, 0) is 25.5 Å². The van der Waals surface area contributed by atoms with E-state index in [1.165, 1.54) is 0 Å². The summed E-state index contributed by atoms with van der Waals surface area (Å²) in [6.45, 7) is 4.62. The van der Waals surface area contributed by atoms with Crippen LogP contribution in [0.3, 0.4) is 0 Å². The molecule has 0 heterocycles. The summed E-state index contributed by atoms with van der Waals surface area (Å²) in [4.78, 5) is 0. The molecule has 4 nitrogen and oxygen atoms in total. The quantitative estimate of drug-likeness (QED) is 0.701. The average Bonchev–Trinajstić information content (AvgIpc) is 2.26. The second-order valence-electron chi connectivity index (χ2n) is 4.30. The van der Waals surface area contributed by atoms with Gasteiger partial charge in [-0.15, -0.1) is 0 Å². The van der Waals surface area contributed by atoms with Gasteiger partial charge in [-0.2, -0.15) is 0 Å². The van der Waals surface area contributed by atoms with E-state index in [0.29, 0.717) is 13.2 Å². The van der Waals surface area contributed by atoms with Crippen molar-refractivity contribution in [2.24, 2.45) is 0 Å². The van der Waals surface area contributed by atoms with Gasteiger partial charge in [-0.1, -0.05) is 12.1 Å². The Morgan fingerprint density at radius 2 is 2.12 bits per heavy atom. The van der Waals surface area contributed by atoms with Crippen molar-refractivity contribution in [1.29, 1.82) is 0 Å². The summed E-state index contributed by atoms with van der Waals surface area (Å²) in [5.41, 5.74) is 1.86. The summed E-state index contributed by atoms with van der Waals surface area (Å²) >= 11 is 0. The molecule has 2 atom stereocenters. The van der Waals surface area contributed by atoms with Gasteiger partial charge in [0.2, 0.25) is 0 Å². The molecule has 0 radical (unpaired) electrons. The molecule has 0 saturated carbocycles. The van der Waals surface area contributed by atoms with E-state index >= 15 is 0 Å². The summed E-state index contributed by atoms with van der Waals surface area (Å²) in [5, 5.41) is 22.5. The largest absolute Gasteiger partial charge is 0.508 e. The highest BCUT2D eigenvalue weighted by atomic mass is 16.5. The minimum absolute atomic E-state index is 0.0119. The zero-order chi connectivity index (χ0) is 12.8. The maximum atomic E-state index is 9.80. The molecule has 0 amide bonds. The first-order chi connectivity index (χ1) is 8.04. The predicted molar refractivity (Wildman–Crippen MR) is 67.1 cm³/mol. The fourth-order valence-electron chi connectivity index (χ4n) is 1.69. The third-order valence-electron chi connectivity index (χ3n) is 2.67. The van der Waals surface area contributed by atoms with Gasteiger partial charge in [-0.25, -0.2) is 0 Å². The molecule has 4 heteroatoms. The number of methoxy groups -OCH3 is 1. The number of ether oxygens (including phenoxy) is 1. The Morgan fingerprint density at radius 1 is 1.41 bits per heavy atom. The Kier molecular flexibility index (Phi) is 5.41. The highest BCUT2D eigenvalue weighted by Gasteiger charge is 2.11. The molecule has 0 aliphatic rings. The first-order valence-electron chi connectivity index (χ1n) is 5.74. The molecular formula is C13H21NO3. The number of hydrogen-bond acceptors (Lipinski definition) is 4. The molecule has 0 saturated heterocycles. The van der Waals surface area contributed by atoms with E-state index in [1.807, 2.05) is 26.0 Å². The zero-order valence-corrected chi connectivity index (χ0v) is 10.6. The van der Waals surface area contributed by atoms with Gasteiger partial charge < -0.3 is 20.3 Å². The first-order valence-corrected chi connectivity index (χ1v) is 5.74. The Labute approximate surface area is 102 Å². The van der Waals surface area contributed by atoms with Crippen molar-refractivity contribution < 1.29 is 14.9 Å². The van der Waals surface area contributed by atoms with E-state index in [2.05, 4.69) is 5.32 Å². The van der Waals surface area contributed by atoms with Gasteiger partial charge in [0.1, 0.15) is 5.75 Å². The van der Waals surface area contributed by atoms with E-state index in [4.69, 9.17) is 4.74 Å². The molecule has 0 bridgehead atoms. The minimum Gasteiger partial charge on any atom is -0.508 e. The Bertz CT molecular complexity index is 355. The second kappa shape index (κ2) is 6.59. The standard InChI is InChI=1S/C13H21NO3/c1-9-4-5-12(13(16)6-9)10(2)14-7-11(15)8-17-3/h4-6,10-11,14-16H,7-8H2,1-3H3. The van der Waals surface area contributed by atoms with Crippen LogP contribution in [0.2, 0.25) is 0 Å². The minimum atomic E-state index is -0.532. The van der Waals surface area contributed by atoms with E-state index < -0.39 is 6.10 Å². The Morgan fingerprint density at radius 3 is 2.71 bits per heavy atom. The SMILES string of the molecule is COCC(O)CNC(C)c1ccc(C)cc1O. The van der Waals surface area contributed by atoms with Crippen LogP contribution < -0.4 is 5.32 Å². The molecule has 0 aliphatic heterocycles. The normalized spacial score (nSPS) is 14.6. The van der Waals surface area contributed by atoms with Crippen LogP contribution in [0.5, 0.6) is 5.75 Å². The molecule has 0 spiro atoms. The predicted octanol–water partition coefficient (Wildman–Crippen LogP) is 1.36. The number of aromatic hydroxyl groups is 1. The van der Waals surface area contributed by atoms with Gasteiger partial charge in [-0.3, -0.25) is 0 Å². The summed E-state index contributed by atoms with van der Waals surface area (Å²) in [6.07, 6.45) is -0.532. The van der Waals surface area contributed by atoms with Crippen LogP contribution in [0.1, 0.15) is 24.1 Å². The number of benzene rings is 1. The van der Waals surface area contributed by atoms with E-state index in [9.17, 15) is 10.2 Å². The number of aliphatic hydroxyl groups excluding tert-OH is 1. The molecular weight excluding hydrogens is 218 g/mol. The van der Waals surface area contributed by atoms with Crippen LogP contribution in [-0.4, -0.2) is 36.6 Å². The first kappa shape index (κ1) is 14.0. The van der Waals surface area contributed by atoms with Gasteiger partial charge in [0.15, 0.2) is 0 Å². The topological polar surface area (TPSA) is 61.7 Å². The summed E-state index contributed by atoms with van der Waals surface area (Å²) in [6, 6.07) is 5.57. The van der Waals surface area contributed by atoms with Crippen molar-refractivity contribution in [3.05, 3.63) is 29.3 Å². The van der Waals surface area contributed by atoms with Crippen molar-refractivity contribution in [3.8, 4) is 5.75 Å². The summed E-state index contributed by atoms with van der Waals surface area (Å²) in [5.74, 6) is 0.284. The lowest BCUT2D eigenvalue weighted by Gasteiger charge is -2.18. The van der Waals surface area contributed by atoms with Gasteiger partial charge in [0.05, 0.1) is 12.7 Å².